The number of thiocarbonyl (C=S) groups is 1. The van der Waals surface area contributed by atoms with E-state index in [1.807, 2.05) is 42.5 Å². The molecule has 2 fully saturated rings. The minimum atomic E-state index is -0.186. The number of nitrogens with zero attached hydrogens (tertiary/aromatic N) is 5. The van der Waals surface area contributed by atoms with Gasteiger partial charge in [0.15, 0.2) is 0 Å². The Morgan fingerprint density at radius 2 is 1.76 bits per heavy atom. The third-order valence-electron chi connectivity index (χ3n) is 6.17. The molecule has 1 aromatic carbocycles. The number of carbonyl (C=O) groups excluding carboxylic acids is 1. The van der Waals surface area contributed by atoms with Gasteiger partial charge in [0.1, 0.15) is 15.8 Å². The smallest absolute Gasteiger partial charge is 0.267 e. The van der Waals surface area contributed by atoms with E-state index in [1.165, 1.54) is 16.2 Å². The van der Waals surface area contributed by atoms with Crippen LogP contribution >= 0.6 is 24.0 Å². The van der Waals surface area contributed by atoms with Crippen molar-refractivity contribution in [1.82, 2.24) is 19.2 Å². The van der Waals surface area contributed by atoms with Gasteiger partial charge in [0.05, 0.1) is 10.5 Å². The molecule has 3 aromatic rings. The molecule has 0 unspecified atom stereocenters. The van der Waals surface area contributed by atoms with Gasteiger partial charge in [-0.05, 0) is 37.2 Å². The Labute approximate surface area is 207 Å². The van der Waals surface area contributed by atoms with Crippen molar-refractivity contribution >= 4 is 51.7 Å². The third kappa shape index (κ3) is 4.51. The van der Waals surface area contributed by atoms with E-state index in [-0.39, 0.29) is 11.5 Å². The van der Waals surface area contributed by atoms with Crippen LogP contribution in [0.4, 0.5) is 5.82 Å². The molecule has 2 saturated heterocycles. The van der Waals surface area contributed by atoms with Gasteiger partial charge in [-0.1, -0.05) is 60.4 Å². The van der Waals surface area contributed by atoms with Crippen LogP contribution in [0.2, 0.25) is 0 Å². The molecule has 0 radical (unpaired) electrons. The zero-order valence-electron chi connectivity index (χ0n) is 18.9. The molecule has 4 heterocycles. The molecule has 5 rings (SSSR count). The Bertz CT molecular complexity index is 1330. The number of hydrogen-bond donors (Lipinski definition) is 0. The molecule has 34 heavy (non-hydrogen) atoms. The summed E-state index contributed by atoms with van der Waals surface area (Å²) in [6, 6.07) is 15.5. The van der Waals surface area contributed by atoms with Crippen molar-refractivity contribution in [3.63, 3.8) is 0 Å². The second-order valence-corrected chi connectivity index (χ2v) is 10.1. The number of hydrogen-bond acceptors (Lipinski definition) is 7. The summed E-state index contributed by atoms with van der Waals surface area (Å²) in [7, 11) is 2.09. The highest BCUT2D eigenvalue weighted by Gasteiger charge is 2.33. The molecule has 9 heteroatoms. The first kappa shape index (κ1) is 22.8. The predicted octanol–water partition coefficient (Wildman–Crippen LogP) is 2.89. The number of thioether (sulfide) groups is 1. The number of aromatic nitrogens is 2. The summed E-state index contributed by atoms with van der Waals surface area (Å²) in [6.07, 6.45) is 4.11. The van der Waals surface area contributed by atoms with E-state index in [2.05, 4.69) is 16.8 Å². The lowest BCUT2D eigenvalue weighted by Crippen LogP contribution is -2.45. The van der Waals surface area contributed by atoms with Crippen LogP contribution in [0.3, 0.4) is 0 Å². The number of rotatable bonds is 5. The minimum Gasteiger partial charge on any atom is -0.353 e. The standard InChI is InChI=1S/C25H25N5O2S2/c1-27-13-15-28(16-14-27)22-19(23(31)29-11-6-5-9-21(29)26-22)17-20-24(32)30(25(33)34-20)12-10-18-7-3-2-4-8-18/h2-9,11,17H,10,12-16H2,1H3/b20-17-. The van der Waals surface area contributed by atoms with E-state index in [9.17, 15) is 9.59 Å². The number of fused-ring (bicyclic) bond motifs is 1. The molecule has 0 aliphatic carbocycles. The average molecular weight is 492 g/mol. The zero-order valence-corrected chi connectivity index (χ0v) is 20.5. The normalized spacial score (nSPS) is 18.4. The van der Waals surface area contributed by atoms with E-state index in [1.54, 1.807) is 23.2 Å². The summed E-state index contributed by atoms with van der Waals surface area (Å²) in [4.78, 5) is 38.0. The SMILES string of the molecule is CN1CCN(c2nc3ccccn3c(=O)c2/C=C2\SC(=S)N(CCc3ccccc3)C2=O)CC1. The van der Waals surface area contributed by atoms with Crippen molar-refractivity contribution in [2.24, 2.45) is 0 Å². The molecule has 2 aromatic heterocycles. The number of piperazine rings is 1. The summed E-state index contributed by atoms with van der Waals surface area (Å²) >= 11 is 6.77. The van der Waals surface area contributed by atoms with Crippen LogP contribution in [-0.2, 0) is 11.2 Å². The van der Waals surface area contributed by atoms with Crippen molar-refractivity contribution in [2.75, 3.05) is 44.7 Å². The molecule has 1 amide bonds. The summed E-state index contributed by atoms with van der Waals surface area (Å²) in [5, 5.41) is 0. The first-order valence-electron chi connectivity index (χ1n) is 11.3. The molecule has 0 N–H and O–H groups in total. The van der Waals surface area contributed by atoms with Crippen LogP contribution in [0.1, 0.15) is 11.1 Å². The van der Waals surface area contributed by atoms with E-state index in [0.29, 0.717) is 39.2 Å². The highest BCUT2D eigenvalue weighted by molar-refractivity contribution is 8.26. The molecule has 0 atom stereocenters. The van der Waals surface area contributed by atoms with Gasteiger partial charge in [0.2, 0.25) is 0 Å². The second-order valence-electron chi connectivity index (χ2n) is 8.44. The van der Waals surface area contributed by atoms with Crippen LogP contribution in [0.25, 0.3) is 11.7 Å². The lowest BCUT2D eigenvalue weighted by molar-refractivity contribution is -0.122. The number of carbonyl (C=O) groups is 1. The number of pyridine rings is 1. The quantitative estimate of drug-likeness (QED) is 0.402. The molecule has 0 bridgehead atoms. The van der Waals surface area contributed by atoms with Gasteiger partial charge >= 0.3 is 0 Å². The topological polar surface area (TPSA) is 61.2 Å². The van der Waals surface area contributed by atoms with Crippen molar-refractivity contribution < 1.29 is 4.79 Å². The van der Waals surface area contributed by atoms with Crippen molar-refractivity contribution in [3.05, 3.63) is 81.1 Å². The van der Waals surface area contributed by atoms with E-state index >= 15 is 0 Å². The van der Waals surface area contributed by atoms with Gasteiger partial charge in [0.25, 0.3) is 11.5 Å². The van der Waals surface area contributed by atoms with Crippen molar-refractivity contribution in [2.45, 2.75) is 6.42 Å². The van der Waals surface area contributed by atoms with Gasteiger partial charge in [0, 0.05) is 38.9 Å². The third-order valence-corrected chi connectivity index (χ3v) is 7.55. The fourth-order valence-electron chi connectivity index (χ4n) is 4.19. The van der Waals surface area contributed by atoms with Crippen LogP contribution in [0.5, 0.6) is 0 Å². The molecular formula is C25H25N5O2S2. The molecule has 2 aliphatic heterocycles. The zero-order chi connectivity index (χ0) is 23.7. The Hall–Kier alpha value is -3.01. The van der Waals surface area contributed by atoms with Crippen LogP contribution in [0, 0.1) is 0 Å². The first-order chi connectivity index (χ1) is 16.5. The Balaban J connectivity index is 1.49. The Morgan fingerprint density at radius 3 is 2.53 bits per heavy atom. The van der Waals surface area contributed by atoms with Crippen molar-refractivity contribution in [3.8, 4) is 0 Å². The van der Waals surface area contributed by atoms with Crippen molar-refractivity contribution in [1.29, 1.82) is 0 Å². The first-order valence-corrected chi connectivity index (χ1v) is 12.5. The van der Waals surface area contributed by atoms with E-state index < -0.39 is 0 Å². The molecule has 0 spiro atoms. The van der Waals surface area contributed by atoms with Gasteiger partial charge < -0.3 is 9.80 Å². The maximum absolute atomic E-state index is 13.5. The average Bonchev–Trinajstić information content (AvgIpc) is 3.12. The van der Waals surface area contributed by atoms with Gasteiger partial charge in [-0.25, -0.2) is 4.98 Å². The van der Waals surface area contributed by atoms with Gasteiger partial charge in [-0.3, -0.25) is 18.9 Å². The molecule has 7 nitrogen and oxygen atoms in total. The maximum atomic E-state index is 13.5. The molecule has 0 saturated carbocycles. The van der Waals surface area contributed by atoms with Gasteiger partial charge in [-0.2, -0.15) is 0 Å². The minimum absolute atomic E-state index is 0.159. The van der Waals surface area contributed by atoms with E-state index in [0.717, 1.165) is 31.7 Å². The lowest BCUT2D eigenvalue weighted by atomic mass is 10.1. The number of amides is 1. The van der Waals surface area contributed by atoms with Crippen LogP contribution in [-0.4, -0.2) is 69.2 Å². The number of likely N-dealkylation sites (N-methyl/N-ethyl adjacent to an activating group) is 1. The fraction of sp³-hybridized carbons (Fsp3) is 0.280. The molecule has 2 aliphatic rings. The largest absolute Gasteiger partial charge is 0.353 e. The lowest BCUT2D eigenvalue weighted by Gasteiger charge is -2.34. The number of benzene rings is 1. The highest BCUT2D eigenvalue weighted by Crippen LogP contribution is 2.33. The monoisotopic (exact) mass is 491 g/mol. The molecule has 174 valence electrons. The maximum Gasteiger partial charge on any atom is 0.267 e. The summed E-state index contributed by atoms with van der Waals surface area (Å²) in [5.74, 6) is 0.465. The Kier molecular flexibility index (Phi) is 6.49. The van der Waals surface area contributed by atoms with Gasteiger partial charge in [-0.15, -0.1) is 0 Å². The van der Waals surface area contributed by atoms with Crippen LogP contribution < -0.4 is 10.5 Å². The number of anilines is 1. The molecular weight excluding hydrogens is 466 g/mol. The fourth-order valence-corrected chi connectivity index (χ4v) is 5.48. The summed E-state index contributed by atoms with van der Waals surface area (Å²) in [6.45, 7) is 3.82. The summed E-state index contributed by atoms with van der Waals surface area (Å²) < 4.78 is 2.05. The summed E-state index contributed by atoms with van der Waals surface area (Å²) in [5.41, 5.74) is 1.98. The second kappa shape index (κ2) is 9.69. The highest BCUT2D eigenvalue weighted by atomic mass is 32.2. The predicted molar refractivity (Wildman–Crippen MR) is 141 cm³/mol. The van der Waals surface area contributed by atoms with E-state index in [4.69, 9.17) is 17.2 Å². The Morgan fingerprint density at radius 1 is 1.03 bits per heavy atom. The van der Waals surface area contributed by atoms with Crippen LogP contribution in [0.15, 0.2) is 64.4 Å².